The zero-order chi connectivity index (χ0) is 15.5. The van der Waals surface area contributed by atoms with Gasteiger partial charge in [-0.3, -0.25) is 4.79 Å². The molecule has 1 aliphatic heterocycles. The summed E-state index contributed by atoms with van der Waals surface area (Å²) in [6.45, 7) is 1.56. The number of carbonyl (C=O) groups is 1. The molecule has 2 N–H and O–H groups in total. The van der Waals surface area contributed by atoms with Gasteiger partial charge in [-0.1, -0.05) is 0 Å². The molecule has 0 aliphatic carbocycles. The Bertz CT molecular complexity index is 668. The van der Waals surface area contributed by atoms with Gasteiger partial charge in [0.2, 0.25) is 5.91 Å². The molecule has 1 saturated heterocycles. The van der Waals surface area contributed by atoms with Crippen LogP contribution in [-0.4, -0.2) is 53.3 Å². The third-order valence-electron chi connectivity index (χ3n) is 4.08. The number of aromatic nitrogens is 1. The maximum absolute atomic E-state index is 13.2. The van der Waals surface area contributed by atoms with Gasteiger partial charge in [0, 0.05) is 30.3 Å². The van der Waals surface area contributed by atoms with Crippen molar-refractivity contribution in [1.82, 2.24) is 9.88 Å². The number of benzene rings is 1. The first-order valence-corrected chi connectivity index (χ1v) is 7.42. The van der Waals surface area contributed by atoms with E-state index in [1.807, 2.05) is 0 Å². The number of ether oxygens (including phenoxy) is 1. The Balaban J connectivity index is 1.77. The van der Waals surface area contributed by atoms with Crippen molar-refractivity contribution < 1.29 is 19.0 Å². The van der Waals surface area contributed by atoms with E-state index in [1.165, 1.54) is 12.1 Å². The highest BCUT2D eigenvalue weighted by atomic mass is 19.1. The molecule has 2 aromatic rings. The number of hydrogen-bond acceptors (Lipinski definition) is 3. The third kappa shape index (κ3) is 2.98. The second-order valence-electron chi connectivity index (χ2n) is 5.51. The van der Waals surface area contributed by atoms with Crippen LogP contribution in [-0.2, 0) is 16.0 Å². The van der Waals surface area contributed by atoms with Gasteiger partial charge in [0.1, 0.15) is 5.82 Å². The largest absolute Gasteiger partial charge is 0.396 e. The summed E-state index contributed by atoms with van der Waals surface area (Å²) in [6.07, 6.45) is 2.53. The van der Waals surface area contributed by atoms with E-state index in [-0.39, 0.29) is 30.8 Å². The number of hydrogen-bond donors (Lipinski definition) is 2. The van der Waals surface area contributed by atoms with E-state index in [9.17, 15) is 9.18 Å². The standard InChI is InChI=1S/C16H19FN2O3/c17-12-1-2-14-11(9-18-15(14)8-12)7-16(21)19-4-6-22-10-13(19)3-5-20/h1-2,8-9,13,18,20H,3-7,10H2. The Morgan fingerprint density at radius 3 is 3.18 bits per heavy atom. The number of H-pyrrole nitrogens is 1. The van der Waals surface area contributed by atoms with Crippen LogP contribution in [0, 0.1) is 5.82 Å². The molecule has 0 saturated carbocycles. The van der Waals surface area contributed by atoms with Crippen molar-refractivity contribution in [3.63, 3.8) is 0 Å². The van der Waals surface area contributed by atoms with Gasteiger partial charge < -0.3 is 19.7 Å². The number of aliphatic hydroxyl groups is 1. The predicted molar refractivity (Wildman–Crippen MR) is 80.0 cm³/mol. The topological polar surface area (TPSA) is 65.6 Å². The molecule has 0 radical (unpaired) electrons. The molecule has 1 fully saturated rings. The lowest BCUT2D eigenvalue weighted by Gasteiger charge is -2.35. The molecule has 1 aliphatic rings. The molecule has 1 aromatic carbocycles. The maximum atomic E-state index is 13.2. The lowest BCUT2D eigenvalue weighted by molar-refractivity contribution is -0.139. The van der Waals surface area contributed by atoms with Crippen molar-refractivity contribution in [2.24, 2.45) is 0 Å². The number of nitrogens with zero attached hydrogens (tertiary/aromatic N) is 1. The molecular formula is C16H19FN2O3. The van der Waals surface area contributed by atoms with Crippen LogP contribution in [0.1, 0.15) is 12.0 Å². The normalized spacial score (nSPS) is 18.8. The molecular weight excluding hydrogens is 287 g/mol. The predicted octanol–water partition coefficient (Wildman–Crippen LogP) is 1.46. The van der Waals surface area contributed by atoms with Gasteiger partial charge in [-0.05, 0) is 30.2 Å². The zero-order valence-electron chi connectivity index (χ0n) is 12.2. The van der Waals surface area contributed by atoms with Crippen LogP contribution < -0.4 is 0 Å². The molecule has 6 heteroatoms. The van der Waals surface area contributed by atoms with E-state index >= 15 is 0 Å². The summed E-state index contributed by atoms with van der Waals surface area (Å²) in [5.74, 6) is -0.296. The molecule has 22 heavy (non-hydrogen) atoms. The summed E-state index contributed by atoms with van der Waals surface area (Å²) < 4.78 is 18.6. The Morgan fingerprint density at radius 2 is 2.36 bits per heavy atom. The summed E-state index contributed by atoms with van der Waals surface area (Å²) in [5, 5.41) is 9.97. The minimum Gasteiger partial charge on any atom is -0.396 e. The first kappa shape index (κ1) is 15.0. The van der Waals surface area contributed by atoms with Crippen molar-refractivity contribution in [1.29, 1.82) is 0 Å². The van der Waals surface area contributed by atoms with E-state index < -0.39 is 0 Å². The Labute approximate surface area is 127 Å². The first-order chi connectivity index (χ1) is 10.7. The third-order valence-corrected chi connectivity index (χ3v) is 4.08. The number of rotatable bonds is 4. The maximum Gasteiger partial charge on any atom is 0.227 e. The lowest BCUT2D eigenvalue weighted by Crippen LogP contribution is -2.49. The summed E-state index contributed by atoms with van der Waals surface area (Å²) in [7, 11) is 0. The molecule has 1 amide bonds. The fourth-order valence-electron chi connectivity index (χ4n) is 2.94. The van der Waals surface area contributed by atoms with Crippen molar-refractivity contribution >= 4 is 16.8 Å². The van der Waals surface area contributed by atoms with Crippen LogP contribution in [0.2, 0.25) is 0 Å². The molecule has 3 rings (SSSR count). The van der Waals surface area contributed by atoms with Gasteiger partial charge in [-0.15, -0.1) is 0 Å². The number of carbonyl (C=O) groups excluding carboxylic acids is 1. The first-order valence-electron chi connectivity index (χ1n) is 7.42. The van der Waals surface area contributed by atoms with Crippen LogP contribution in [0.5, 0.6) is 0 Å². The van der Waals surface area contributed by atoms with Crippen LogP contribution in [0.25, 0.3) is 10.9 Å². The fourth-order valence-corrected chi connectivity index (χ4v) is 2.94. The molecule has 118 valence electrons. The van der Waals surface area contributed by atoms with E-state index in [0.717, 1.165) is 10.9 Å². The average molecular weight is 306 g/mol. The van der Waals surface area contributed by atoms with Gasteiger partial charge in [-0.2, -0.15) is 0 Å². The van der Waals surface area contributed by atoms with E-state index in [0.29, 0.717) is 31.7 Å². The van der Waals surface area contributed by atoms with Crippen molar-refractivity contribution in [2.75, 3.05) is 26.4 Å². The second kappa shape index (κ2) is 6.46. The minimum absolute atomic E-state index is 0.00646. The number of nitrogens with one attached hydrogen (secondary N) is 1. The van der Waals surface area contributed by atoms with Gasteiger partial charge in [0.25, 0.3) is 0 Å². The number of fused-ring (bicyclic) bond motifs is 1. The SMILES string of the molecule is O=C(Cc1c[nH]c2cc(F)ccc12)N1CCOCC1CCO. The van der Waals surface area contributed by atoms with Crippen molar-refractivity contribution in [3.8, 4) is 0 Å². The Hall–Kier alpha value is -1.92. The number of aromatic amines is 1. The molecule has 1 unspecified atom stereocenters. The minimum atomic E-state index is -0.302. The molecule has 2 heterocycles. The highest BCUT2D eigenvalue weighted by Crippen LogP contribution is 2.21. The summed E-state index contributed by atoms with van der Waals surface area (Å²) in [4.78, 5) is 17.3. The average Bonchev–Trinajstić information content (AvgIpc) is 2.90. The van der Waals surface area contributed by atoms with Gasteiger partial charge in [0.15, 0.2) is 0 Å². The second-order valence-corrected chi connectivity index (χ2v) is 5.51. The molecule has 5 nitrogen and oxygen atoms in total. The summed E-state index contributed by atoms with van der Waals surface area (Å²) in [6, 6.07) is 4.43. The summed E-state index contributed by atoms with van der Waals surface area (Å²) in [5.41, 5.74) is 1.55. The van der Waals surface area contributed by atoms with Crippen LogP contribution in [0.3, 0.4) is 0 Å². The number of aliphatic hydroxyl groups excluding tert-OH is 1. The van der Waals surface area contributed by atoms with Crippen molar-refractivity contribution in [3.05, 3.63) is 35.8 Å². The van der Waals surface area contributed by atoms with Gasteiger partial charge in [0.05, 0.1) is 25.7 Å². The van der Waals surface area contributed by atoms with E-state index in [1.54, 1.807) is 17.2 Å². The number of halogens is 1. The highest BCUT2D eigenvalue weighted by molar-refractivity contribution is 5.89. The van der Waals surface area contributed by atoms with Gasteiger partial charge in [-0.25, -0.2) is 4.39 Å². The number of amides is 1. The van der Waals surface area contributed by atoms with E-state index in [4.69, 9.17) is 9.84 Å². The molecule has 0 spiro atoms. The van der Waals surface area contributed by atoms with Crippen LogP contribution >= 0.6 is 0 Å². The Morgan fingerprint density at radius 1 is 1.50 bits per heavy atom. The monoisotopic (exact) mass is 306 g/mol. The van der Waals surface area contributed by atoms with Crippen LogP contribution in [0.15, 0.2) is 24.4 Å². The molecule has 0 bridgehead atoms. The highest BCUT2D eigenvalue weighted by Gasteiger charge is 2.27. The van der Waals surface area contributed by atoms with Crippen LogP contribution in [0.4, 0.5) is 4.39 Å². The zero-order valence-corrected chi connectivity index (χ0v) is 12.2. The molecule has 1 aromatic heterocycles. The molecule has 1 atom stereocenters. The quantitative estimate of drug-likeness (QED) is 0.899. The smallest absolute Gasteiger partial charge is 0.227 e. The van der Waals surface area contributed by atoms with E-state index in [2.05, 4.69) is 4.98 Å². The van der Waals surface area contributed by atoms with Crippen molar-refractivity contribution in [2.45, 2.75) is 18.9 Å². The van der Waals surface area contributed by atoms with Gasteiger partial charge >= 0.3 is 0 Å². The number of morpholine rings is 1. The Kier molecular flexibility index (Phi) is 4.40. The fraction of sp³-hybridized carbons (Fsp3) is 0.438. The summed E-state index contributed by atoms with van der Waals surface area (Å²) >= 11 is 0. The lowest BCUT2D eigenvalue weighted by atomic mass is 10.1.